The van der Waals surface area contributed by atoms with Crippen LogP contribution in [0, 0.1) is 13.8 Å². The van der Waals surface area contributed by atoms with E-state index in [1.54, 1.807) is 18.4 Å². The summed E-state index contributed by atoms with van der Waals surface area (Å²) in [6.07, 6.45) is 0.0816. The van der Waals surface area contributed by atoms with Crippen molar-refractivity contribution in [3.63, 3.8) is 0 Å². The molecule has 0 saturated heterocycles. The molecule has 9 nitrogen and oxygen atoms in total. The molecule has 158 valence electrons. The Labute approximate surface area is 181 Å². The van der Waals surface area contributed by atoms with E-state index in [-0.39, 0.29) is 40.5 Å². The second-order valence-corrected chi connectivity index (χ2v) is 9.22. The number of aromatic nitrogens is 1. The Morgan fingerprint density at radius 1 is 1.23 bits per heavy atom. The molecule has 30 heavy (non-hydrogen) atoms. The Hall–Kier alpha value is -2.76. The fourth-order valence-electron chi connectivity index (χ4n) is 2.85. The summed E-state index contributed by atoms with van der Waals surface area (Å²) in [5.41, 5.74) is 2.15. The summed E-state index contributed by atoms with van der Waals surface area (Å²) in [6.45, 7) is 3.59. The number of fused-ring (bicyclic) bond motifs is 1. The molecule has 1 aliphatic heterocycles. The average molecular weight is 470 g/mol. The van der Waals surface area contributed by atoms with Gasteiger partial charge in [0.25, 0.3) is 5.88 Å². The molecule has 0 amide bonds. The lowest BCUT2D eigenvalue weighted by Gasteiger charge is -2.10. The van der Waals surface area contributed by atoms with Crippen molar-refractivity contribution in [1.29, 1.82) is 0 Å². The highest BCUT2D eigenvalue weighted by atomic mass is 35.5. The van der Waals surface area contributed by atoms with Gasteiger partial charge in [-0.25, -0.2) is 4.72 Å². The fourth-order valence-corrected chi connectivity index (χ4v) is 4.77. The molecule has 1 aromatic carbocycles. The number of benzene rings is 1. The SMILES string of the molecule is Cc1cc2c(cc1CC(=O)c1sccc1NS(=O)(=O)Nc1onc(C)c1Cl)OCO2. The van der Waals surface area contributed by atoms with E-state index < -0.39 is 10.2 Å². The zero-order chi connectivity index (χ0) is 21.5. The van der Waals surface area contributed by atoms with Crippen molar-refractivity contribution in [2.45, 2.75) is 20.3 Å². The largest absolute Gasteiger partial charge is 0.454 e. The van der Waals surface area contributed by atoms with Gasteiger partial charge >= 0.3 is 10.2 Å². The minimum Gasteiger partial charge on any atom is -0.454 e. The number of rotatable bonds is 7. The molecule has 2 aromatic heterocycles. The molecule has 4 rings (SSSR count). The number of ketones is 1. The Morgan fingerprint density at radius 3 is 2.67 bits per heavy atom. The summed E-state index contributed by atoms with van der Waals surface area (Å²) in [5, 5.41) is 5.27. The summed E-state index contributed by atoms with van der Waals surface area (Å²) < 4.78 is 44.9. The molecule has 0 radical (unpaired) electrons. The van der Waals surface area contributed by atoms with Crippen molar-refractivity contribution in [3.05, 3.63) is 50.3 Å². The molecule has 12 heteroatoms. The van der Waals surface area contributed by atoms with Gasteiger partial charge in [0, 0.05) is 6.42 Å². The minimum atomic E-state index is -4.11. The van der Waals surface area contributed by atoms with Crippen LogP contribution in [-0.4, -0.2) is 26.2 Å². The molecular formula is C18H16ClN3O6S2. The van der Waals surface area contributed by atoms with Gasteiger partial charge in [0.05, 0.1) is 10.6 Å². The number of hydrogen-bond donors (Lipinski definition) is 2. The summed E-state index contributed by atoms with van der Waals surface area (Å²) in [4.78, 5) is 13.2. The van der Waals surface area contributed by atoms with Crippen molar-refractivity contribution in [3.8, 4) is 11.5 Å². The lowest BCUT2D eigenvalue weighted by atomic mass is 10.0. The van der Waals surface area contributed by atoms with Gasteiger partial charge in [-0.05, 0) is 48.6 Å². The third-order valence-electron chi connectivity index (χ3n) is 4.36. The number of thiophene rings is 1. The van der Waals surface area contributed by atoms with Crippen LogP contribution < -0.4 is 18.9 Å². The van der Waals surface area contributed by atoms with Crippen molar-refractivity contribution in [2.24, 2.45) is 0 Å². The van der Waals surface area contributed by atoms with E-state index in [1.165, 1.54) is 6.07 Å². The van der Waals surface area contributed by atoms with Crippen LogP contribution in [0.4, 0.5) is 11.6 Å². The van der Waals surface area contributed by atoms with Gasteiger partial charge in [0.1, 0.15) is 10.7 Å². The van der Waals surface area contributed by atoms with Crippen LogP contribution in [0.1, 0.15) is 26.5 Å². The van der Waals surface area contributed by atoms with Gasteiger partial charge in [-0.1, -0.05) is 16.8 Å². The molecule has 0 atom stereocenters. The van der Waals surface area contributed by atoms with Crippen LogP contribution in [0.15, 0.2) is 28.1 Å². The average Bonchev–Trinajstić information content (AvgIpc) is 3.39. The van der Waals surface area contributed by atoms with E-state index in [9.17, 15) is 13.2 Å². The van der Waals surface area contributed by atoms with Crippen molar-refractivity contribution in [1.82, 2.24) is 5.16 Å². The van der Waals surface area contributed by atoms with E-state index in [0.717, 1.165) is 22.5 Å². The molecule has 2 N–H and O–H groups in total. The van der Waals surface area contributed by atoms with Crippen LogP contribution in [0.2, 0.25) is 5.02 Å². The Bertz CT molecular complexity index is 1230. The molecule has 0 saturated carbocycles. The minimum absolute atomic E-state index is 0.0558. The zero-order valence-corrected chi connectivity index (χ0v) is 18.2. The van der Waals surface area contributed by atoms with Gasteiger partial charge in [0.2, 0.25) is 6.79 Å². The van der Waals surface area contributed by atoms with Gasteiger partial charge in [0.15, 0.2) is 17.3 Å². The topological polar surface area (TPSA) is 120 Å². The third kappa shape index (κ3) is 4.09. The van der Waals surface area contributed by atoms with Crippen LogP contribution in [0.25, 0.3) is 0 Å². The third-order valence-corrected chi connectivity index (χ3v) is 6.71. The van der Waals surface area contributed by atoms with Crippen LogP contribution >= 0.6 is 22.9 Å². The molecule has 0 aliphatic carbocycles. The van der Waals surface area contributed by atoms with Gasteiger partial charge in [-0.2, -0.15) is 8.42 Å². The second kappa shape index (κ2) is 7.82. The Balaban J connectivity index is 1.51. The number of halogens is 1. The fraction of sp³-hybridized carbons (Fsp3) is 0.222. The number of carbonyl (C=O) groups is 1. The first kappa shape index (κ1) is 20.5. The van der Waals surface area contributed by atoms with Crippen molar-refractivity contribution < 1.29 is 27.2 Å². The smallest absolute Gasteiger partial charge is 0.323 e. The quantitative estimate of drug-likeness (QED) is 0.503. The standard InChI is InChI=1S/C18H16ClN3O6S2/c1-9-5-14-15(27-8-26-14)7-11(9)6-13(23)17-12(3-4-29-17)21-30(24,25)22-18-16(19)10(2)20-28-18/h3-5,7,21-22H,6,8H2,1-2H3. The van der Waals surface area contributed by atoms with E-state index in [1.807, 2.05) is 13.0 Å². The summed E-state index contributed by atoms with van der Waals surface area (Å²) >= 11 is 7.08. The second-order valence-electron chi connectivity index (χ2n) is 6.51. The Kier molecular flexibility index (Phi) is 5.35. The predicted octanol–water partition coefficient (Wildman–Crippen LogP) is 3.93. The normalized spacial score (nSPS) is 12.8. The number of nitrogens with one attached hydrogen (secondary N) is 2. The highest BCUT2D eigenvalue weighted by Crippen LogP contribution is 2.35. The van der Waals surface area contributed by atoms with E-state index in [2.05, 4.69) is 14.6 Å². The molecule has 3 heterocycles. The van der Waals surface area contributed by atoms with Crippen LogP contribution in [-0.2, 0) is 16.6 Å². The monoisotopic (exact) mass is 469 g/mol. The zero-order valence-electron chi connectivity index (χ0n) is 15.8. The van der Waals surface area contributed by atoms with Gasteiger partial charge < -0.3 is 14.0 Å². The number of nitrogens with zero attached hydrogens (tertiary/aromatic N) is 1. The first-order valence-corrected chi connectivity index (χ1v) is 11.4. The van der Waals surface area contributed by atoms with E-state index in [4.69, 9.17) is 25.6 Å². The maximum Gasteiger partial charge on any atom is 0.323 e. The summed E-state index contributed by atoms with van der Waals surface area (Å²) in [7, 11) is -4.11. The van der Waals surface area contributed by atoms with Crippen LogP contribution in [0.3, 0.4) is 0 Å². The molecule has 0 unspecified atom stereocenters. The number of carbonyl (C=O) groups excluding carboxylic acids is 1. The number of hydrogen-bond acceptors (Lipinski definition) is 8. The maximum absolute atomic E-state index is 12.9. The summed E-state index contributed by atoms with van der Waals surface area (Å²) in [6, 6.07) is 5.09. The molecular weight excluding hydrogens is 454 g/mol. The number of ether oxygens (including phenoxy) is 2. The highest BCUT2D eigenvalue weighted by molar-refractivity contribution is 7.94. The van der Waals surface area contributed by atoms with Gasteiger partial charge in [-0.15, -0.1) is 11.3 Å². The lowest BCUT2D eigenvalue weighted by Crippen LogP contribution is -2.22. The van der Waals surface area contributed by atoms with E-state index in [0.29, 0.717) is 17.2 Å². The maximum atomic E-state index is 12.9. The first-order valence-electron chi connectivity index (χ1n) is 8.65. The molecule has 0 fully saturated rings. The van der Waals surface area contributed by atoms with Gasteiger partial charge in [-0.3, -0.25) is 9.52 Å². The van der Waals surface area contributed by atoms with E-state index >= 15 is 0 Å². The number of anilines is 2. The first-order chi connectivity index (χ1) is 14.2. The Morgan fingerprint density at radius 2 is 1.97 bits per heavy atom. The lowest BCUT2D eigenvalue weighted by molar-refractivity contribution is 0.0997. The predicted molar refractivity (Wildman–Crippen MR) is 112 cm³/mol. The molecule has 0 spiro atoms. The van der Waals surface area contributed by atoms with Crippen molar-refractivity contribution >= 4 is 50.5 Å². The number of aryl methyl sites for hydroxylation is 2. The van der Waals surface area contributed by atoms with Crippen LogP contribution in [0.5, 0.6) is 11.5 Å². The highest BCUT2D eigenvalue weighted by Gasteiger charge is 2.23. The summed E-state index contributed by atoms with van der Waals surface area (Å²) in [5.74, 6) is 0.776. The number of Topliss-reactive ketones (excluding diaryl/α,β-unsaturated/α-hetero) is 1. The molecule has 0 bridgehead atoms. The molecule has 1 aliphatic rings. The van der Waals surface area contributed by atoms with Crippen molar-refractivity contribution in [2.75, 3.05) is 16.2 Å². The molecule has 3 aromatic rings.